The third-order valence-corrected chi connectivity index (χ3v) is 4.18. The molecule has 5 nitrogen and oxygen atoms in total. The first-order chi connectivity index (χ1) is 11.1. The summed E-state index contributed by atoms with van der Waals surface area (Å²) >= 11 is 6.00. The number of amides is 2. The number of halogens is 1. The van der Waals surface area contributed by atoms with Crippen LogP contribution in [0.4, 0.5) is 0 Å². The van der Waals surface area contributed by atoms with E-state index in [0.717, 1.165) is 24.8 Å². The van der Waals surface area contributed by atoms with Crippen molar-refractivity contribution in [2.75, 3.05) is 19.6 Å². The van der Waals surface area contributed by atoms with Gasteiger partial charge in [-0.3, -0.25) is 9.59 Å². The van der Waals surface area contributed by atoms with Gasteiger partial charge in [-0.1, -0.05) is 29.8 Å². The Bertz CT molecular complexity index is 748. The molecule has 3 rings (SSSR count). The van der Waals surface area contributed by atoms with Gasteiger partial charge < -0.3 is 10.2 Å². The van der Waals surface area contributed by atoms with Crippen molar-refractivity contribution in [1.29, 1.82) is 0 Å². The highest BCUT2D eigenvalue weighted by Gasteiger charge is 2.19. The van der Waals surface area contributed by atoms with E-state index in [0.29, 0.717) is 35.7 Å². The van der Waals surface area contributed by atoms with Crippen molar-refractivity contribution in [3.05, 3.63) is 41.0 Å². The predicted octanol–water partition coefficient (Wildman–Crippen LogP) is 2.63. The molecular formula is C17H18ClN3O2. The summed E-state index contributed by atoms with van der Waals surface area (Å²) in [6.07, 6.45) is 2.33. The fourth-order valence-corrected chi connectivity index (χ4v) is 3.04. The number of hydrogen-bond acceptors (Lipinski definition) is 3. The second kappa shape index (κ2) is 6.96. The molecular weight excluding hydrogens is 314 g/mol. The molecule has 1 fully saturated rings. The number of fused-ring (bicyclic) bond motifs is 1. The minimum atomic E-state index is -0.168. The summed E-state index contributed by atoms with van der Waals surface area (Å²) in [5.41, 5.74) is 1.23. The van der Waals surface area contributed by atoms with Crippen molar-refractivity contribution >= 4 is 34.3 Å². The summed E-state index contributed by atoms with van der Waals surface area (Å²) in [4.78, 5) is 30.0. The van der Waals surface area contributed by atoms with Gasteiger partial charge in [0.15, 0.2) is 0 Å². The molecule has 0 saturated carbocycles. The molecule has 0 bridgehead atoms. The zero-order valence-corrected chi connectivity index (χ0v) is 13.5. The van der Waals surface area contributed by atoms with E-state index in [4.69, 9.17) is 11.6 Å². The van der Waals surface area contributed by atoms with Crippen LogP contribution in [0.5, 0.6) is 0 Å². The highest BCUT2D eigenvalue weighted by Crippen LogP contribution is 2.20. The van der Waals surface area contributed by atoms with Gasteiger partial charge >= 0.3 is 0 Å². The lowest BCUT2D eigenvalue weighted by atomic mass is 10.1. The van der Waals surface area contributed by atoms with Crippen LogP contribution in [-0.4, -0.2) is 41.3 Å². The SMILES string of the molecule is O=C(NCCCN1CCCC1=O)c1cc(Cl)nc2ccccc12. The lowest BCUT2D eigenvalue weighted by Gasteiger charge is -2.15. The topological polar surface area (TPSA) is 62.3 Å². The molecule has 2 amide bonds. The van der Waals surface area contributed by atoms with Gasteiger partial charge in [-0.15, -0.1) is 0 Å². The molecule has 1 aromatic heterocycles. The monoisotopic (exact) mass is 331 g/mol. The molecule has 0 aliphatic carbocycles. The third-order valence-electron chi connectivity index (χ3n) is 3.99. The normalized spacial score (nSPS) is 14.5. The summed E-state index contributed by atoms with van der Waals surface area (Å²) < 4.78 is 0. The van der Waals surface area contributed by atoms with Crippen LogP contribution in [0.3, 0.4) is 0 Å². The van der Waals surface area contributed by atoms with E-state index in [-0.39, 0.29) is 11.8 Å². The number of aromatic nitrogens is 1. The Morgan fingerprint density at radius 2 is 2.17 bits per heavy atom. The molecule has 0 atom stereocenters. The Morgan fingerprint density at radius 3 is 2.96 bits per heavy atom. The van der Waals surface area contributed by atoms with Crippen LogP contribution in [0, 0.1) is 0 Å². The fraction of sp³-hybridized carbons (Fsp3) is 0.353. The van der Waals surface area contributed by atoms with Crippen LogP contribution in [0.15, 0.2) is 30.3 Å². The molecule has 1 saturated heterocycles. The van der Waals surface area contributed by atoms with Crippen LogP contribution in [-0.2, 0) is 4.79 Å². The highest BCUT2D eigenvalue weighted by atomic mass is 35.5. The summed E-state index contributed by atoms with van der Waals surface area (Å²) in [6, 6.07) is 9.00. The molecule has 1 aliphatic heterocycles. The standard InChI is InChI=1S/C17H18ClN3O2/c18-15-11-13(12-5-1-2-6-14(12)20-15)17(23)19-8-4-10-21-9-3-7-16(21)22/h1-2,5-6,11H,3-4,7-10H2,(H,19,23). The van der Waals surface area contributed by atoms with Gasteiger partial charge in [0.1, 0.15) is 5.15 Å². The number of nitrogens with zero attached hydrogens (tertiary/aromatic N) is 2. The van der Waals surface area contributed by atoms with E-state index in [1.54, 1.807) is 6.07 Å². The van der Waals surface area contributed by atoms with Crippen LogP contribution in [0.2, 0.25) is 5.15 Å². The van der Waals surface area contributed by atoms with Crippen molar-refractivity contribution < 1.29 is 9.59 Å². The van der Waals surface area contributed by atoms with E-state index in [9.17, 15) is 9.59 Å². The molecule has 23 heavy (non-hydrogen) atoms. The molecule has 120 valence electrons. The van der Waals surface area contributed by atoms with E-state index in [1.165, 1.54) is 0 Å². The maximum absolute atomic E-state index is 12.4. The Balaban J connectivity index is 1.61. The lowest BCUT2D eigenvalue weighted by Crippen LogP contribution is -2.30. The van der Waals surface area contributed by atoms with Crippen LogP contribution in [0.25, 0.3) is 10.9 Å². The smallest absolute Gasteiger partial charge is 0.252 e. The van der Waals surface area contributed by atoms with Gasteiger partial charge in [0.2, 0.25) is 5.91 Å². The minimum Gasteiger partial charge on any atom is -0.352 e. The summed E-state index contributed by atoms with van der Waals surface area (Å²) in [5.74, 6) is 0.0430. The number of hydrogen-bond donors (Lipinski definition) is 1. The molecule has 2 aromatic rings. The number of pyridine rings is 1. The maximum atomic E-state index is 12.4. The van der Waals surface area contributed by atoms with Gasteiger partial charge in [-0.05, 0) is 25.0 Å². The minimum absolute atomic E-state index is 0.168. The first-order valence-electron chi connectivity index (χ1n) is 7.76. The number of benzene rings is 1. The second-order valence-corrected chi connectivity index (χ2v) is 5.99. The Hall–Kier alpha value is -2.14. The second-order valence-electron chi connectivity index (χ2n) is 5.60. The number of likely N-dealkylation sites (tertiary alicyclic amines) is 1. The Labute approximate surface area is 139 Å². The van der Waals surface area contributed by atoms with Crippen molar-refractivity contribution in [2.45, 2.75) is 19.3 Å². The number of nitrogens with one attached hydrogen (secondary N) is 1. The van der Waals surface area contributed by atoms with Gasteiger partial charge in [-0.2, -0.15) is 0 Å². The summed E-state index contributed by atoms with van der Waals surface area (Å²) in [5, 5.41) is 3.98. The average molecular weight is 332 g/mol. The highest BCUT2D eigenvalue weighted by molar-refractivity contribution is 6.30. The van der Waals surface area contributed by atoms with Crippen molar-refractivity contribution in [2.24, 2.45) is 0 Å². The molecule has 1 N–H and O–H groups in total. The zero-order chi connectivity index (χ0) is 16.2. The van der Waals surface area contributed by atoms with Crippen molar-refractivity contribution in [3.63, 3.8) is 0 Å². The molecule has 0 unspecified atom stereocenters. The van der Waals surface area contributed by atoms with Crippen molar-refractivity contribution in [3.8, 4) is 0 Å². The van der Waals surface area contributed by atoms with E-state index >= 15 is 0 Å². The maximum Gasteiger partial charge on any atom is 0.252 e. The number of para-hydroxylation sites is 1. The molecule has 6 heteroatoms. The van der Waals surface area contributed by atoms with E-state index in [2.05, 4.69) is 10.3 Å². The van der Waals surface area contributed by atoms with Gasteiger partial charge in [0, 0.05) is 31.4 Å². The van der Waals surface area contributed by atoms with Crippen LogP contribution in [0.1, 0.15) is 29.6 Å². The molecule has 0 spiro atoms. The Morgan fingerprint density at radius 1 is 1.35 bits per heavy atom. The van der Waals surface area contributed by atoms with Crippen molar-refractivity contribution in [1.82, 2.24) is 15.2 Å². The predicted molar refractivity (Wildman–Crippen MR) is 89.5 cm³/mol. The van der Waals surface area contributed by atoms with E-state index in [1.807, 2.05) is 29.2 Å². The number of rotatable bonds is 5. The van der Waals surface area contributed by atoms with Gasteiger partial charge in [0.25, 0.3) is 5.91 Å². The van der Waals surface area contributed by atoms with Crippen LogP contribution < -0.4 is 5.32 Å². The molecule has 1 aromatic carbocycles. The molecule has 0 radical (unpaired) electrons. The Kier molecular flexibility index (Phi) is 4.76. The number of carbonyl (C=O) groups is 2. The number of carbonyl (C=O) groups excluding carboxylic acids is 2. The largest absolute Gasteiger partial charge is 0.352 e. The zero-order valence-electron chi connectivity index (χ0n) is 12.7. The molecule has 1 aliphatic rings. The van der Waals surface area contributed by atoms with Crippen LogP contribution >= 0.6 is 11.6 Å². The summed E-state index contributed by atoms with van der Waals surface area (Å²) in [6.45, 7) is 2.05. The first-order valence-corrected chi connectivity index (χ1v) is 8.14. The van der Waals surface area contributed by atoms with E-state index < -0.39 is 0 Å². The fourth-order valence-electron chi connectivity index (χ4n) is 2.84. The third kappa shape index (κ3) is 3.62. The average Bonchev–Trinajstić information content (AvgIpc) is 2.95. The van der Waals surface area contributed by atoms with Gasteiger partial charge in [0.05, 0.1) is 11.1 Å². The molecule has 2 heterocycles. The van der Waals surface area contributed by atoms with Gasteiger partial charge in [-0.25, -0.2) is 4.98 Å². The first kappa shape index (κ1) is 15.7. The summed E-state index contributed by atoms with van der Waals surface area (Å²) in [7, 11) is 0. The lowest BCUT2D eigenvalue weighted by molar-refractivity contribution is -0.127. The quantitative estimate of drug-likeness (QED) is 0.676.